The molecule has 0 saturated heterocycles. The second-order valence-corrected chi connectivity index (χ2v) is 8.79. The van der Waals surface area contributed by atoms with Gasteiger partial charge in [0.2, 0.25) is 6.36 Å². The van der Waals surface area contributed by atoms with Crippen molar-refractivity contribution in [2.45, 2.75) is 38.6 Å². The number of aromatic nitrogens is 4. The Morgan fingerprint density at radius 3 is 2.69 bits per heavy atom. The van der Waals surface area contributed by atoms with Crippen LogP contribution in [0.3, 0.4) is 0 Å². The van der Waals surface area contributed by atoms with E-state index in [0.29, 0.717) is 33.5 Å². The van der Waals surface area contributed by atoms with Crippen LogP contribution in [0.15, 0.2) is 78.0 Å². The number of rotatable bonds is 7. The molecule has 8 heteroatoms. The van der Waals surface area contributed by atoms with Crippen LogP contribution in [-0.2, 0) is 0 Å². The smallest absolute Gasteiger partial charge is 0.317 e. The van der Waals surface area contributed by atoms with Gasteiger partial charge in [0.1, 0.15) is 11.9 Å². The summed E-state index contributed by atoms with van der Waals surface area (Å²) in [6.45, 7) is 1.71. The number of hydrogen-bond acceptors (Lipinski definition) is 6. The van der Waals surface area contributed by atoms with Gasteiger partial charge in [-0.2, -0.15) is 4.98 Å². The van der Waals surface area contributed by atoms with Crippen molar-refractivity contribution in [2.24, 2.45) is 0 Å². The van der Waals surface area contributed by atoms with Crippen molar-refractivity contribution in [3.05, 3.63) is 83.5 Å². The first-order valence-electron chi connectivity index (χ1n) is 11.9. The molecule has 3 aromatic heterocycles. The van der Waals surface area contributed by atoms with Gasteiger partial charge in [0.15, 0.2) is 0 Å². The van der Waals surface area contributed by atoms with E-state index in [1.165, 1.54) is 0 Å². The zero-order valence-corrected chi connectivity index (χ0v) is 19.6. The van der Waals surface area contributed by atoms with Gasteiger partial charge in [0, 0.05) is 41.5 Å². The lowest BCUT2D eigenvalue weighted by atomic mass is 10.0. The van der Waals surface area contributed by atoms with Crippen LogP contribution >= 0.6 is 0 Å². The normalized spacial score (nSPS) is 14.2. The predicted molar refractivity (Wildman–Crippen MR) is 135 cm³/mol. The van der Waals surface area contributed by atoms with Crippen molar-refractivity contribution in [3.63, 3.8) is 0 Å². The minimum absolute atomic E-state index is 0.126. The highest BCUT2D eigenvalue weighted by molar-refractivity contribution is 5.93. The van der Waals surface area contributed by atoms with Gasteiger partial charge in [-0.15, -0.1) is 0 Å². The first-order chi connectivity index (χ1) is 17.6. The summed E-state index contributed by atoms with van der Waals surface area (Å²) >= 11 is 0. The Bertz CT molecular complexity index is 1630. The average molecular weight is 483 g/mol. The predicted octanol–water partition coefficient (Wildman–Crippen LogP) is 5.62. The van der Waals surface area contributed by atoms with Crippen LogP contribution in [0.25, 0.3) is 38.6 Å². The molecule has 1 atom stereocenters. The summed E-state index contributed by atoms with van der Waals surface area (Å²) in [5, 5.41) is 1.61. The van der Waals surface area contributed by atoms with E-state index >= 15 is 0 Å². The van der Waals surface area contributed by atoms with E-state index in [0.717, 1.165) is 23.7 Å². The second-order valence-electron chi connectivity index (χ2n) is 8.79. The van der Waals surface area contributed by atoms with Gasteiger partial charge < -0.3 is 9.47 Å². The lowest BCUT2D eigenvalue weighted by Gasteiger charge is -2.14. The largest absolute Gasteiger partial charge is 0.460 e. The van der Waals surface area contributed by atoms with Gasteiger partial charge in [-0.05, 0) is 54.8 Å². The van der Waals surface area contributed by atoms with E-state index < -0.39 is 6.36 Å². The third kappa shape index (κ3) is 4.26. The van der Waals surface area contributed by atoms with Gasteiger partial charge in [0.05, 0.1) is 16.6 Å². The molecule has 1 aliphatic carbocycles. The summed E-state index contributed by atoms with van der Waals surface area (Å²) < 4.78 is 26.4. The van der Waals surface area contributed by atoms with Crippen molar-refractivity contribution in [3.8, 4) is 28.6 Å². The molecule has 0 spiro atoms. The van der Waals surface area contributed by atoms with Crippen molar-refractivity contribution < 1.29 is 13.9 Å². The number of pyridine rings is 2. The van der Waals surface area contributed by atoms with Crippen molar-refractivity contribution in [2.75, 3.05) is 0 Å². The molecule has 1 unspecified atom stereocenters. The topological polar surface area (TPSA) is 79.1 Å². The van der Waals surface area contributed by atoms with Crippen molar-refractivity contribution in [1.82, 2.24) is 19.5 Å². The Labute approximate surface area is 206 Å². The van der Waals surface area contributed by atoms with Crippen molar-refractivity contribution >= 4 is 21.8 Å². The summed E-state index contributed by atoms with van der Waals surface area (Å²) in [4.78, 5) is 27.3. The molecule has 7 nitrogen and oxygen atoms in total. The highest BCUT2D eigenvalue weighted by atomic mass is 19.1. The summed E-state index contributed by atoms with van der Waals surface area (Å²) in [6, 6.07) is 16.5. The van der Waals surface area contributed by atoms with E-state index in [1.54, 1.807) is 54.3 Å². The summed E-state index contributed by atoms with van der Waals surface area (Å²) in [5.74, 6) is 0.392. The summed E-state index contributed by atoms with van der Waals surface area (Å²) in [5.41, 5.74) is 2.83. The molecule has 5 aromatic rings. The standard InChI is InChI=1S/C28H23FN4O3/c1-2-24(29)35-21-8-5-17(6-9-21)25-26-19(15-31-28(32-26)36-22-10-11-22)16-33(27(25)34)20-7-12-23-18(14-20)4-3-13-30-23/h3-9,12-16,22,24H,2,10-11H2,1H3. The second kappa shape index (κ2) is 9.03. The highest BCUT2D eigenvalue weighted by Gasteiger charge is 2.25. The molecule has 0 amide bonds. The van der Waals surface area contributed by atoms with Crippen LogP contribution in [0.1, 0.15) is 26.2 Å². The molecule has 0 bridgehead atoms. The molecule has 0 aliphatic heterocycles. The molecule has 1 fully saturated rings. The Hall–Kier alpha value is -4.33. The molecule has 1 aliphatic rings. The minimum atomic E-state index is -1.39. The number of benzene rings is 2. The number of halogens is 1. The fraction of sp³-hybridized carbons (Fsp3) is 0.214. The molecule has 1 saturated carbocycles. The Morgan fingerprint density at radius 1 is 1.08 bits per heavy atom. The van der Waals surface area contributed by atoms with E-state index in [4.69, 9.17) is 9.47 Å². The monoisotopic (exact) mass is 482 g/mol. The molecule has 0 radical (unpaired) electrons. The van der Waals surface area contributed by atoms with Crippen LogP contribution in [0, 0.1) is 0 Å². The first-order valence-corrected chi connectivity index (χ1v) is 11.9. The molecule has 180 valence electrons. The molecule has 6 rings (SSSR count). The Morgan fingerprint density at radius 2 is 1.92 bits per heavy atom. The van der Waals surface area contributed by atoms with Crippen LogP contribution < -0.4 is 15.0 Å². The fourth-order valence-electron chi connectivity index (χ4n) is 4.08. The van der Waals surface area contributed by atoms with Gasteiger partial charge in [-0.3, -0.25) is 14.3 Å². The first kappa shape index (κ1) is 22.2. The minimum Gasteiger partial charge on any atom is -0.460 e. The zero-order valence-electron chi connectivity index (χ0n) is 19.6. The Balaban J connectivity index is 1.52. The average Bonchev–Trinajstić information content (AvgIpc) is 3.73. The van der Waals surface area contributed by atoms with Gasteiger partial charge in [-0.25, -0.2) is 9.37 Å². The fourth-order valence-corrected chi connectivity index (χ4v) is 4.08. The summed E-state index contributed by atoms with van der Waals surface area (Å²) in [6.07, 6.45) is 6.09. The number of nitrogens with zero attached hydrogens (tertiary/aromatic N) is 4. The van der Waals surface area contributed by atoms with Crippen LogP contribution in [0.4, 0.5) is 4.39 Å². The SMILES string of the molecule is CCC(F)Oc1ccc(-c2c(=O)n(-c3ccc4ncccc4c3)cc3cnc(OC4CC4)nc23)cc1. The third-order valence-electron chi connectivity index (χ3n) is 6.12. The third-order valence-corrected chi connectivity index (χ3v) is 6.12. The van der Waals surface area contributed by atoms with E-state index in [2.05, 4.69) is 15.0 Å². The van der Waals surface area contributed by atoms with Gasteiger partial charge in [-0.1, -0.05) is 25.1 Å². The quantitative estimate of drug-likeness (QED) is 0.300. The number of ether oxygens (including phenoxy) is 2. The lowest BCUT2D eigenvalue weighted by Crippen LogP contribution is -2.20. The molecule has 36 heavy (non-hydrogen) atoms. The van der Waals surface area contributed by atoms with E-state index in [-0.39, 0.29) is 24.1 Å². The summed E-state index contributed by atoms with van der Waals surface area (Å²) in [7, 11) is 0. The van der Waals surface area contributed by atoms with Crippen LogP contribution in [-0.4, -0.2) is 32.0 Å². The molecule has 2 aromatic carbocycles. The number of hydrogen-bond donors (Lipinski definition) is 0. The van der Waals surface area contributed by atoms with Gasteiger partial charge in [0.25, 0.3) is 5.56 Å². The Kier molecular flexibility index (Phi) is 5.56. The zero-order chi connectivity index (χ0) is 24.6. The van der Waals surface area contributed by atoms with E-state index in [1.807, 2.05) is 30.3 Å². The maximum absolute atomic E-state index is 13.9. The maximum atomic E-state index is 13.9. The maximum Gasteiger partial charge on any atom is 0.317 e. The van der Waals surface area contributed by atoms with Gasteiger partial charge >= 0.3 is 6.01 Å². The number of alkyl halides is 1. The molecule has 0 N–H and O–H groups in total. The molecular formula is C28H23FN4O3. The van der Waals surface area contributed by atoms with Crippen LogP contribution in [0.2, 0.25) is 0 Å². The van der Waals surface area contributed by atoms with Crippen molar-refractivity contribution in [1.29, 1.82) is 0 Å². The highest BCUT2D eigenvalue weighted by Crippen LogP contribution is 2.30. The van der Waals surface area contributed by atoms with E-state index in [9.17, 15) is 9.18 Å². The number of fused-ring (bicyclic) bond motifs is 2. The molecule has 3 heterocycles. The molecular weight excluding hydrogens is 459 g/mol. The lowest BCUT2D eigenvalue weighted by molar-refractivity contribution is 0.0642. The van der Waals surface area contributed by atoms with Crippen LogP contribution in [0.5, 0.6) is 11.8 Å².